The maximum Gasteiger partial charge on any atom is 0.151 e. The first-order valence-electron chi connectivity index (χ1n) is 2.89. The molecule has 3 nitrogen and oxygen atoms in total. The van der Waals surface area contributed by atoms with Crippen molar-refractivity contribution in [3.63, 3.8) is 0 Å². The molecule has 0 spiro atoms. The number of hydrogen-bond acceptors (Lipinski definition) is 3. The number of nitrogens with one attached hydrogen (secondary N) is 2. The molecular weight excluding hydrogens is 134 g/mol. The molecule has 0 fully saturated rings. The number of nitrogens with two attached hydrogens (primary N) is 1. The van der Waals surface area contributed by atoms with E-state index in [-0.39, 0.29) is 5.17 Å². The van der Waals surface area contributed by atoms with E-state index in [4.69, 9.17) is 11.1 Å². The highest BCUT2D eigenvalue weighted by Crippen LogP contribution is 1.98. The van der Waals surface area contributed by atoms with Crippen LogP contribution in [0.2, 0.25) is 0 Å². The zero-order valence-electron chi connectivity index (χ0n) is 5.61. The van der Waals surface area contributed by atoms with E-state index in [9.17, 15) is 0 Å². The Labute approximate surface area is 59.9 Å². The van der Waals surface area contributed by atoms with Gasteiger partial charge in [0.25, 0.3) is 0 Å². The van der Waals surface area contributed by atoms with Gasteiger partial charge in [0, 0.05) is 5.75 Å². The summed E-state index contributed by atoms with van der Waals surface area (Å²) in [5.74, 6) is 0.941. The minimum absolute atomic E-state index is 0.214. The van der Waals surface area contributed by atoms with Gasteiger partial charge < -0.3 is 11.1 Å². The summed E-state index contributed by atoms with van der Waals surface area (Å²) in [6.07, 6.45) is 1.07. The van der Waals surface area contributed by atoms with Crippen molar-refractivity contribution in [3.8, 4) is 0 Å². The lowest BCUT2D eigenvalue weighted by atomic mass is 10.5. The van der Waals surface area contributed by atoms with Gasteiger partial charge in [0.2, 0.25) is 0 Å². The second-order valence-electron chi connectivity index (χ2n) is 1.67. The fourth-order valence-electron chi connectivity index (χ4n) is 0.431. The molecule has 0 rings (SSSR count). The zero-order chi connectivity index (χ0) is 7.11. The summed E-state index contributed by atoms with van der Waals surface area (Å²) in [7, 11) is 1.92. The average Bonchev–Trinajstić information content (AvgIpc) is 1.80. The first-order valence-corrected chi connectivity index (χ1v) is 3.87. The van der Waals surface area contributed by atoms with Gasteiger partial charge in [0.05, 0.1) is 0 Å². The van der Waals surface area contributed by atoms with E-state index in [0.29, 0.717) is 0 Å². The molecule has 0 bridgehead atoms. The molecule has 0 unspecified atom stereocenters. The highest BCUT2D eigenvalue weighted by molar-refractivity contribution is 8.13. The summed E-state index contributed by atoms with van der Waals surface area (Å²) in [4.78, 5) is 0. The summed E-state index contributed by atoms with van der Waals surface area (Å²) in [6.45, 7) is 1.00. The fraction of sp³-hybridized carbons (Fsp3) is 0.800. The van der Waals surface area contributed by atoms with E-state index in [1.807, 2.05) is 7.05 Å². The van der Waals surface area contributed by atoms with Crippen LogP contribution in [-0.4, -0.2) is 24.5 Å². The third kappa shape index (κ3) is 7.78. The van der Waals surface area contributed by atoms with Crippen LogP contribution in [0.5, 0.6) is 0 Å². The minimum atomic E-state index is 0.214. The molecule has 0 aliphatic carbocycles. The van der Waals surface area contributed by atoms with Crippen LogP contribution < -0.4 is 11.1 Å². The summed E-state index contributed by atoms with van der Waals surface area (Å²) < 4.78 is 0. The van der Waals surface area contributed by atoms with E-state index in [0.717, 1.165) is 18.7 Å². The predicted octanol–water partition coefficient (Wildman–Crippen LogP) is 0.223. The van der Waals surface area contributed by atoms with Gasteiger partial charge >= 0.3 is 0 Å². The largest absolute Gasteiger partial charge is 0.379 e. The highest BCUT2D eigenvalue weighted by atomic mass is 32.2. The standard InChI is InChI=1S/C5H13N3S/c1-8-3-2-4-9-5(6)7/h8H,2-4H2,1H3,(H3,6,7). The van der Waals surface area contributed by atoms with Crippen molar-refractivity contribution in [1.82, 2.24) is 5.32 Å². The second kappa shape index (κ2) is 5.91. The minimum Gasteiger partial charge on any atom is -0.379 e. The Balaban J connectivity index is 2.83. The Bertz CT molecular complexity index is 84.3. The van der Waals surface area contributed by atoms with E-state index in [2.05, 4.69) is 5.32 Å². The average molecular weight is 147 g/mol. The lowest BCUT2D eigenvalue weighted by Crippen LogP contribution is -2.10. The van der Waals surface area contributed by atoms with Crippen LogP contribution in [0.15, 0.2) is 0 Å². The number of amidine groups is 1. The zero-order valence-corrected chi connectivity index (χ0v) is 6.42. The number of thioether (sulfide) groups is 1. The second-order valence-corrected chi connectivity index (χ2v) is 2.81. The van der Waals surface area contributed by atoms with Crippen molar-refractivity contribution < 1.29 is 0 Å². The van der Waals surface area contributed by atoms with Crippen molar-refractivity contribution in [2.75, 3.05) is 19.3 Å². The van der Waals surface area contributed by atoms with Crippen molar-refractivity contribution in [1.29, 1.82) is 5.41 Å². The molecule has 0 aliphatic rings. The van der Waals surface area contributed by atoms with E-state index >= 15 is 0 Å². The molecule has 0 aromatic heterocycles. The predicted molar refractivity (Wildman–Crippen MR) is 42.9 cm³/mol. The number of rotatable bonds is 4. The molecule has 9 heavy (non-hydrogen) atoms. The topological polar surface area (TPSA) is 61.9 Å². The smallest absolute Gasteiger partial charge is 0.151 e. The Morgan fingerprint density at radius 1 is 1.78 bits per heavy atom. The van der Waals surface area contributed by atoms with Crippen molar-refractivity contribution in [2.45, 2.75) is 6.42 Å². The van der Waals surface area contributed by atoms with E-state index in [1.165, 1.54) is 11.8 Å². The van der Waals surface area contributed by atoms with Crippen LogP contribution in [0.1, 0.15) is 6.42 Å². The van der Waals surface area contributed by atoms with Crippen molar-refractivity contribution >= 4 is 16.9 Å². The molecule has 4 heteroatoms. The van der Waals surface area contributed by atoms with Gasteiger partial charge in [-0.1, -0.05) is 11.8 Å². The fourth-order valence-corrected chi connectivity index (χ4v) is 0.940. The molecule has 54 valence electrons. The summed E-state index contributed by atoms with van der Waals surface area (Å²) in [5.41, 5.74) is 5.10. The van der Waals surface area contributed by atoms with Crippen LogP contribution in [-0.2, 0) is 0 Å². The third-order valence-corrected chi connectivity index (χ3v) is 1.63. The van der Waals surface area contributed by atoms with Gasteiger partial charge in [-0.2, -0.15) is 0 Å². The Morgan fingerprint density at radius 3 is 2.89 bits per heavy atom. The molecule has 0 heterocycles. The molecule has 0 aromatic rings. The summed E-state index contributed by atoms with van der Waals surface area (Å²) in [6, 6.07) is 0. The maximum absolute atomic E-state index is 6.85. The van der Waals surface area contributed by atoms with Crippen LogP contribution in [0.25, 0.3) is 0 Å². The lowest BCUT2D eigenvalue weighted by molar-refractivity contribution is 0.779. The van der Waals surface area contributed by atoms with Gasteiger partial charge in [-0.25, -0.2) is 0 Å². The molecule has 0 saturated carbocycles. The van der Waals surface area contributed by atoms with E-state index < -0.39 is 0 Å². The molecule has 0 amide bonds. The molecule has 4 N–H and O–H groups in total. The molecule has 0 aliphatic heterocycles. The lowest BCUT2D eigenvalue weighted by Gasteiger charge is -1.96. The van der Waals surface area contributed by atoms with Crippen LogP contribution >= 0.6 is 11.8 Å². The highest BCUT2D eigenvalue weighted by Gasteiger charge is 1.88. The SMILES string of the molecule is CNCCCSC(=N)N. The summed E-state index contributed by atoms with van der Waals surface area (Å²) in [5, 5.41) is 10.1. The normalized spacial score (nSPS) is 9.44. The third-order valence-electron chi connectivity index (χ3n) is 0.829. The molecule has 0 radical (unpaired) electrons. The first kappa shape index (κ1) is 8.78. The first-order chi connectivity index (χ1) is 4.27. The van der Waals surface area contributed by atoms with Crippen LogP contribution in [0.3, 0.4) is 0 Å². The Hall–Kier alpha value is -0.220. The molecule has 0 atom stereocenters. The van der Waals surface area contributed by atoms with E-state index in [1.54, 1.807) is 0 Å². The Morgan fingerprint density at radius 2 is 2.44 bits per heavy atom. The van der Waals surface area contributed by atoms with Gasteiger partial charge in [-0.3, -0.25) is 5.41 Å². The van der Waals surface area contributed by atoms with Gasteiger partial charge in [0.15, 0.2) is 5.17 Å². The van der Waals surface area contributed by atoms with Gasteiger partial charge in [-0.05, 0) is 20.0 Å². The van der Waals surface area contributed by atoms with Crippen LogP contribution in [0.4, 0.5) is 0 Å². The monoisotopic (exact) mass is 147 g/mol. The van der Waals surface area contributed by atoms with Crippen molar-refractivity contribution in [3.05, 3.63) is 0 Å². The quantitative estimate of drug-likeness (QED) is 0.303. The van der Waals surface area contributed by atoms with Crippen molar-refractivity contribution in [2.24, 2.45) is 5.73 Å². The summed E-state index contributed by atoms with van der Waals surface area (Å²) >= 11 is 1.39. The molecule has 0 saturated heterocycles. The van der Waals surface area contributed by atoms with Crippen LogP contribution in [0, 0.1) is 5.41 Å². The number of hydrogen-bond donors (Lipinski definition) is 3. The maximum atomic E-state index is 6.85. The molecular formula is C5H13N3S. The van der Waals surface area contributed by atoms with Gasteiger partial charge in [-0.15, -0.1) is 0 Å². The molecule has 0 aromatic carbocycles. The van der Waals surface area contributed by atoms with Gasteiger partial charge in [0.1, 0.15) is 0 Å². The Kier molecular flexibility index (Phi) is 5.76.